The first-order valence-electron chi connectivity index (χ1n) is 3.95. The van der Waals surface area contributed by atoms with Crippen LogP contribution in [0.5, 0.6) is 0 Å². The minimum absolute atomic E-state index is 0.0825. The number of aldehydes is 1. The number of fused-ring (bicyclic) bond motifs is 1. The standard InChI is InChI=1S/C9H6ClNO2S/c10-6-1-2-8-7(5-6)11(3-4-12)9(13)14-8/h1-2,4-5H,3H2. The molecule has 0 amide bonds. The van der Waals surface area contributed by atoms with Gasteiger partial charge in [0.15, 0.2) is 0 Å². The third-order valence-corrected chi connectivity index (χ3v) is 3.08. The van der Waals surface area contributed by atoms with Crippen molar-refractivity contribution in [3.05, 3.63) is 32.9 Å². The highest BCUT2D eigenvalue weighted by atomic mass is 35.5. The first-order valence-corrected chi connectivity index (χ1v) is 5.14. The third kappa shape index (κ3) is 1.47. The summed E-state index contributed by atoms with van der Waals surface area (Å²) in [6.45, 7) is 0.0825. The van der Waals surface area contributed by atoms with Crippen molar-refractivity contribution in [1.29, 1.82) is 0 Å². The van der Waals surface area contributed by atoms with Gasteiger partial charge in [0.25, 0.3) is 0 Å². The summed E-state index contributed by atoms with van der Waals surface area (Å²) >= 11 is 6.92. The Bertz CT molecular complexity index is 543. The maximum absolute atomic E-state index is 11.4. The topological polar surface area (TPSA) is 39.1 Å². The molecule has 0 unspecified atom stereocenters. The number of thiazole rings is 1. The number of nitrogens with zero attached hydrogens (tertiary/aromatic N) is 1. The second-order valence-corrected chi connectivity index (χ2v) is 4.19. The first-order chi connectivity index (χ1) is 6.72. The SMILES string of the molecule is O=CCn1c(=O)sc2ccc(Cl)cc21. The van der Waals surface area contributed by atoms with Crippen LogP contribution in [0.25, 0.3) is 10.2 Å². The summed E-state index contributed by atoms with van der Waals surface area (Å²) in [6.07, 6.45) is 0.703. The van der Waals surface area contributed by atoms with Crippen LogP contribution in [0, 0.1) is 0 Å². The molecule has 1 aromatic heterocycles. The molecule has 0 spiro atoms. The van der Waals surface area contributed by atoms with Gasteiger partial charge in [-0.25, -0.2) is 0 Å². The molecule has 0 fully saturated rings. The van der Waals surface area contributed by atoms with Gasteiger partial charge < -0.3 is 4.79 Å². The lowest BCUT2D eigenvalue weighted by atomic mass is 10.3. The molecule has 0 aliphatic carbocycles. The Morgan fingerprint density at radius 3 is 3.00 bits per heavy atom. The van der Waals surface area contributed by atoms with Gasteiger partial charge in [-0.05, 0) is 18.2 Å². The smallest absolute Gasteiger partial charge is 0.301 e. The second kappa shape index (κ2) is 3.55. The molecule has 1 heterocycles. The predicted octanol–water partition coefficient (Wildman–Crippen LogP) is 1.92. The third-order valence-electron chi connectivity index (χ3n) is 1.89. The van der Waals surface area contributed by atoms with Gasteiger partial charge in [-0.15, -0.1) is 0 Å². The number of carbonyl (C=O) groups is 1. The number of carbonyl (C=O) groups excluding carboxylic acids is 1. The summed E-state index contributed by atoms with van der Waals surface area (Å²) in [5, 5.41) is 0.565. The fourth-order valence-electron chi connectivity index (χ4n) is 1.28. The molecule has 0 saturated carbocycles. The molecule has 2 rings (SSSR count). The normalized spacial score (nSPS) is 10.6. The molecule has 0 atom stereocenters. The van der Waals surface area contributed by atoms with Gasteiger partial charge in [0, 0.05) is 5.02 Å². The number of hydrogen-bond acceptors (Lipinski definition) is 3. The van der Waals surface area contributed by atoms with Crippen molar-refractivity contribution in [3.8, 4) is 0 Å². The van der Waals surface area contributed by atoms with Crippen LogP contribution in [-0.4, -0.2) is 10.9 Å². The number of aromatic nitrogens is 1. The second-order valence-electron chi connectivity index (χ2n) is 2.76. The van der Waals surface area contributed by atoms with Crippen molar-refractivity contribution in [2.45, 2.75) is 6.54 Å². The molecule has 0 aliphatic heterocycles. The lowest BCUT2D eigenvalue weighted by molar-refractivity contribution is -0.108. The molecule has 0 radical (unpaired) electrons. The van der Waals surface area contributed by atoms with Crippen molar-refractivity contribution in [1.82, 2.24) is 4.57 Å². The highest BCUT2D eigenvalue weighted by molar-refractivity contribution is 7.16. The summed E-state index contributed by atoms with van der Waals surface area (Å²) in [4.78, 5) is 21.7. The van der Waals surface area contributed by atoms with E-state index in [0.717, 1.165) is 21.6 Å². The molecule has 0 saturated heterocycles. The molecular weight excluding hydrogens is 222 g/mol. The Labute approximate surface area is 88.5 Å². The van der Waals surface area contributed by atoms with Crippen molar-refractivity contribution >= 4 is 39.4 Å². The monoisotopic (exact) mass is 227 g/mol. The van der Waals surface area contributed by atoms with E-state index in [-0.39, 0.29) is 11.4 Å². The summed E-state index contributed by atoms with van der Waals surface area (Å²) < 4.78 is 2.26. The highest BCUT2D eigenvalue weighted by Crippen LogP contribution is 2.21. The van der Waals surface area contributed by atoms with Gasteiger partial charge in [-0.2, -0.15) is 0 Å². The van der Waals surface area contributed by atoms with Gasteiger partial charge >= 0.3 is 4.87 Å². The minimum Gasteiger partial charge on any atom is -0.301 e. The van der Waals surface area contributed by atoms with Crippen LogP contribution >= 0.6 is 22.9 Å². The first kappa shape index (κ1) is 9.43. The van der Waals surface area contributed by atoms with Gasteiger partial charge in [0.2, 0.25) is 0 Å². The predicted molar refractivity (Wildman–Crippen MR) is 57.2 cm³/mol. The van der Waals surface area contributed by atoms with E-state index in [1.54, 1.807) is 18.2 Å². The molecule has 14 heavy (non-hydrogen) atoms. The number of halogens is 1. The summed E-state index contributed by atoms with van der Waals surface area (Å²) in [7, 11) is 0. The molecule has 0 N–H and O–H groups in total. The zero-order chi connectivity index (χ0) is 10.1. The molecule has 2 aromatic rings. The van der Waals surface area contributed by atoms with E-state index in [4.69, 9.17) is 11.6 Å². The Hall–Kier alpha value is -1.13. The highest BCUT2D eigenvalue weighted by Gasteiger charge is 2.06. The molecule has 72 valence electrons. The average molecular weight is 228 g/mol. The van der Waals surface area contributed by atoms with Crippen LogP contribution in [0.4, 0.5) is 0 Å². The van der Waals surface area contributed by atoms with Crippen LogP contribution in [0.15, 0.2) is 23.0 Å². The van der Waals surface area contributed by atoms with Crippen LogP contribution < -0.4 is 4.87 Å². The summed E-state index contributed by atoms with van der Waals surface area (Å²) in [6, 6.07) is 5.20. The average Bonchev–Trinajstić information content (AvgIpc) is 2.45. The fraction of sp³-hybridized carbons (Fsp3) is 0.111. The molecule has 5 heteroatoms. The van der Waals surface area contributed by atoms with Crippen molar-refractivity contribution in [3.63, 3.8) is 0 Å². The maximum Gasteiger partial charge on any atom is 0.308 e. The van der Waals surface area contributed by atoms with Crippen molar-refractivity contribution < 1.29 is 4.79 Å². The van der Waals surface area contributed by atoms with Crippen LogP contribution in [0.3, 0.4) is 0 Å². The van der Waals surface area contributed by atoms with Crippen LogP contribution in [0.1, 0.15) is 0 Å². The van der Waals surface area contributed by atoms with E-state index < -0.39 is 0 Å². The minimum atomic E-state index is -0.130. The van der Waals surface area contributed by atoms with Gasteiger partial charge in [0.05, 0.1) is 16.8 Å². The van der Waals surface area contributed by atoms with Crippen molar-refractivity contribution in [2.24, 2.45) is 0 Å². The quantitative estimate of drug-likeness (QED) is 0.736. The molecule has 3 nitrogen and oxygen atoms in total. The van der Waals surface area contributed by atoms with Crippen LogP contribution in [0.2, 0.25) is 5.02 Å². The van der Waals surface area contributed by atoms with E-state index in [2.05, 4.69) is 0 Å². The zero-order valence-electron chi connectivity index (χ0n) is 7.07. The molecular formula is C9H6ClNO2S. The molecule has 1 aromatic carbocycles. The molecule has 0 aliphatic rings. The Kier molecular flexibility index (Phi) is 2.39. The Balaban J connectivity index is 2.79. The number of benzene rings is 1. The van der Waals surface area contributed by atoms with Crippen LogP contribution in [-0.2, 0) is 11.3 Å². The molecule has 0 bridgehead atoms. The lowest BCUT2D eigenvalue weighted by Crippen LogP contribution is -2.13. The van der Waals surface area contributed by atoms with Gasteiger partial charge in [0.1, 0.15) is 6.29 Å². The number of rotatable bonds is 2. The van der Waals surface area contributed by atoms with E-state index in [1.807, 2.05) is 0 Å². The van der Waals surface area contributed by atoms with Gasteiger partial charge in [-0.3, -0.25) is 9.36 Å². The lowest BCUT2D eigenvalue weighted by Gasteiger charge is -1.96. The maximum atomic E-state index is 11.4. The van der Waals surface area contributed by atoms with E-state index >= 15 is 0 Å². The van der Waals surface area contributed by atoms with E-state index in [9.17, 15) is 9.59 Å². The fourth-order valence-corrected chi connectivity index (χ4v) is 2.33. The number of hydrogen-bond donors (Lipinski definition) is 0. The Morgan fingerprint density at radius 2 is 2.29 bits per heavy atom. The zero-order valence-corrected chi connectivity index (χ0v) is 8.64. The van der Waals surface area contributed by atoms with Gasteiger partial charge in [-0.1, -0.05) is 22.9 Å². The van der Waals surface area contributed by atoms with E-state index in [0.29, 0.717) is 11.3 Å². The summed E-state index contributed by atoms with van der Waals surface area (Å²) in [5.74, 6) is 0. The largest absolute Gasteiger partial charge is 0.308 e. The summed E-state index contributed by atoms with van der Waals surface area (Å²) in [5.41, 5.74) is 0.722. The van der Waals surface area contributed by atoms with Crippen molar-refractivity contribution in [2.75, 3.05) is 0 Å². The van der Waals surface area contributed by atoms with E-state index in [1.165, 1.54) is 4.57 Å². The Morgan fingerprint density at radius 1 is 1.50 bits per heavy atom.